The highest BCUT2D eigenvalue weighted by Crippen LogP contribution is 2.31. The number of para-hydroxylation sites is 1. The Balaban J connectivity index is 1.74. The Morgan fingerprint density at radius 1 is 1.24 bits per heavy atom. The lowest BCUT2D eigenvalue weighted by Gasteiger charge is -2.20. The maximum atomic E-state index is 12.6. The largest absolute Gasteiger partial charge is 0.405 e. The number of H-pyrrole nitrogens is 1. The number of carbonyl (C=O) groups excluding carboxylic acids is 1. The molecule has 0 fully saturated rings. The second-order valence-electron chi connectivity index (χ2n) is 7.15. The zero-order valence-electron chi connectivity index (χ0n) is 17.2. The van der Waals surface area contributed by atoms with Crippen molar-refractivity contribution in [2.45, 2.75) is 12.2 Å². The van der Waals surface area contributed by atoms with Gasteiger partial charge in [-0.05, 0) is 24.5 Å². The highest BCUT2D eigenvalue weighted by Gasteiger charge is 2.30. The molecule has 0 bridgehead atoms. The van der Waals surface area contributed by atoms with Crippen molar-refractivity contribution in [1.29, 1.82) is 0 Å². The SMILES string of the molecule is CSC[C@H](Nc1nc(-c2c[nH]c3ncc(Cl)cc23)nc2ccccc12)C(=O)NCC(F)(F)F. The molecule has 1 amide bonds. The molecule has 0 saturated carbocycles. The first-order valence-electron chi connectivity index (χ1n) is 9.75. The molecule has 0 spiro atoms. The van der Waals surface area contributed by atoms with E-state index in [-0.39, 0.29) is 5.75 Å². The van der Waals surface area contributed by atoms with Gasteiger partial charge in [0, 0.05) is 34.5 Å². The summed E-state index contributed by atoms with van der Waals surface area (Å²) < 4.78 is 37.8. The van der Waals surface area contributed by atoms with Gasteiger partial charge in [-0.15, -0.1) is 0 Å². The van der Waals surface area contributed by atoms with E-state index in [2.05, 4.69) is 25.3 Å². The topological polar surface area (TPSA) is 95.6 Å². The van der Waals surface area contributed by atoms with E-state index in [1.54, 1.807) is 36.7 Å². The van der Waals surface area contributed by atoms with Gasteiger partial charge in [0.25, 0.3) is 0 Å². The van der Waals surface area contributed by atoms with Gasteiger partial charge in [-0.1, -0.05) is 23.7 Å². The second-order valence-corrected chi connectivity index (χ2v) is 8.50. The minimum Gasteiger partial charge on any atom is -0.357 e. The van der Waals surface area contributed by atoms with Gasteiger partial charge in [0.1, 0.15) is 24.1 Å². The van der Waals surface area contributed by atoms with E-state index in [4.69, 9.17) is 11.6 Å². The van der Waals surface area contributed by atoms with E-state index in [1.165, 1.54) is 18.0 Å². The van der Waals surface area contributed by atoms with Crippen LogP contribution in [0.15, 0.2) is 42.7 Å². The molecule has 12 heteroatoms. The maximum Gasteiger partial charge on any atom is 0.405 e. The number of hydrogen-bond donors (Lipinski definition) is 3. The quantitative estimate of drug-likeness (QED) is 0.346. The summed E-state index contributed by atoms with van der Waals surface area (Å²) in [5, 5.41) is 6.75. The van der Waals surface area contributed by atoms with Gasteiger partial charge >= 0.3 is 6.18 Å². The zero-order valence-corrected chi connectivity index (χ0v) is 18.8. The van der Waals surface area contributed by atoms with Crippen LogP contribution in [0.2, 0.25) is 5.02 Å². The minimum absolute atomic E-state index is 0.240. The van der Waals surface area contributed by atoms with Crippen molar-refractivity contribution >= 4 is 57.0 Å². The number of aromatic amines is 1. The Morgan fingerprint density at radius 2 is 2.03 bits per heavy atom. The summed E-state index contributed by atoms with van der Waals surface area (Å²) in [5.41, 5.74) is 1.86. The van der Waals surface area contributed by atoms with Crippen LogP contribution in [-0.2, 0) is 4.79 Å². The summed E-state index contributed by atoms with van der Waals surface area (Å²) >= 11 is 7.43. The van der Waals surface area contributed by atoms with Crippen LogP contribution in [0.5, 0.6) is 0 Å². The molecule has 172 valence electrons. The first-order valence-corrected chi connectivity index (χ1v) is 11.5. The number of alkyl halides is 3. The zero-order chi connectivity index (χ0) is 23.6. The van der Waals surface area contributed by atoms with Crippen LogP contribution in [0, 0.1) is 0 Å². The third kappa shape index (κ3) is 5.31. The highest BCUT2D eigenvalue weighted by atomic mass is 35.5. The number of hydrogen-bond acceptors (Lipinski definition) is 6. The molecule has 0 unspecified atom stereocenters. The van der Waals surface area contributed by atoms with Gasteiger partial charge in [-0.3, -0.25) is 4.79 Å². The number of aromatic nitrogens is 4. The number of anilines is 1. The second kappa shape index (κ2) is 9.44. The number of fused-ring (bicyclic) bond motifs is 2. The van der Waals surface area contributed by atoms with Crippen LogP contribution >= 0.6 is 23.4 Å². The molecular formula is C21H18ClF3N6OS. The molecule has 0 aliphatic heterocycles. The Hall–Kier alpha value is -3.05. The van der Waals surface area contributed by atoms with Crippen LogP contribution < -0.4 is 10.6 Å². The lowest BCUT2D eigenvalue weighted by Crippen LogP contribution is -2.45. The number of nitrogens with zero attached hydrogens (tertiary/aromatic N) is 3. The minimum atomic E-state index is -4.50. The van der Waals surface area contributed by atoms with Crippen LogP contribution in [0.25, 0.3) is 33.3 Å². The summed E-state index contributed by atoms with van der Waals surface area (Å²) in [6.07, 6.45) is 0.485. The van der Waals surface area contributed by atoms with Gasteiger partial charge < -0.3 is 15.6 Å². The van der Waals surface area contributed by atoms with E-state index in [0.717, 1.165) is 0 Å². The van der Waals surface area contributed by atoms with Crippen molar-refractivity contribution in [2.24, 2.45) is 0 Å². The summed E-state index contributed by atoms with van der Waals surface area (Å²) in [4.78, 5) is 29.0. The summed E-state index contributed by atoms with van der Waals surface area (Å²) in [6.45, 7) is -1.41. The van der Waals surface area contributed by atoms with Crippen LogP contribution in [0.3, 0.4) is 0 Å². The molecule has 0 saturated heterocycles. The third-order valence-corrected chi connectivity index (χ3v) is 5.64. The molecule has 4 aromatic rings. The molecule has 4 rings (SSSR count). The standard InChI is InChI=1S/C21H18ClF3N6OS/c1-33-9-16(20(32)28-10-21(23,24)25)30-18-12-4-2-3-5-15(12)29-19(31-18)14-8-27-17-13(14)6-11(22)7-26-17/h2-8,16H,9-10H2,1H3,(H,26,27)(H,28,32)(H,29,30,31)/t16-/m0/s1. The predicted molar refractivity (Wildman–Crippen MR) is 124 cm³/mol. The summed E-state index contributed by atoms with van der Waals surface area (Å²) in [5.74, 6) is 0.157. The molecule has 0 aliphatic rings. The van der Waals surface area contributed by atoms with Gasteiger partial charge in [0.05, 0.1) is 10.5 Å². The third-order valence-electron chi connectivity index (χ3n) is 4.77. The summed E-state index contributed by atoms with van der Waals surface area (Å²) in [7, 11) is 0. The van der Waals surface area contributed by atoms with E-state index >= 15 is 0 Å². The highest BCUT2D eigenvalue weighted by molar-refractivity contribution is 7.98. The fourth-order valence-corrected chi connectivity index (χ4v) is 4.02. The molecule has 1 atom stereocenters. The Labute approximate surface area is 195 Å². The molecule has 1 aromatic carbocycles. The van der Waals surface area contributed by atoms with Crippen LogP contribution in [-0.4, -0.2) is 56.6 Å². The van der Waals surface area contributed by atoms with Gasteiger partial charge in [-0.25, -0.2) is 15.0 Å². The van der Waals surface area contributed by atoms with Crippen molar-refractivity contribution in [3.63, 3.8) is 0 Å². The first-order chi connectivity index (χ1) is 15.7. The number of thioether (sulfide) groups is 1. The Kier molecular flexibility index (Phi) is 6.61. The molecule has 3 aromatic heterocycles. The van der Waals surface area contributed by atoms with Crippen molar-refractivity contribution in [2.75, 3.05) is 23.9 Å². The lowest BCUT2D eigenvalue weighted by molar-refractivity contribution is -0.138. The molecule has 0 radical (unpaired) electrons. The number of amides is 1. The van der Waals surface area contributed by atoms with Gasteiger partial charge in [-0.2, -0.15) is 24.9 Å². The van der Waals surface area contributed by atoms with Crippen LogP contribution in [0.4, 0.5) is 19.0 Å². The first kappa shape index (κ1) is 23.1. The van der Waals surface area contributed by atoms with E-state index in [0.29, 0.717) is 44.2 Å². The van der Waals surface area contributed by atoms with Crippen molar-refractivity contribution in [1.82, 2.24) is 25.3 Å². The maximum absolute atomic E-state index is 12.6. The van der Waals surface area contributed by atoms with E-state index < -0.39 is 24.7 Å². The Morgan fingerprint density at radius 3 is 2.79 bits per heavy atom. The van der Waals surface area contributed by atoms with Gasteiger partial charge in [0.2, 0.25) is 5.91 Å². The molecular weight excluding hydrogens is 477 g/mol. The number of nitrogens with one attached hydrogen (secondary N) is 3. The van der Waals surface area contributed by atoms with E-state index in [9.17, 15) is 18.0 Å². The summed E-state index contributed by atoms with van der Waals surface area (Å²) in [6, 6.07) is 7.97. The number of halogens is 4. The molecule has 7 nitrogen and oxygen atoms in total. The number of benzene rings is 1. The monoisotopic (exact) mass is 494 g/mol. The molecule has 33 heavy (non-hydrogen) atoms. The van der Waals surface area contributed by atoms with Crippen molar-refractivity contribution in [3.05, 3.63) is 47.7 Å². The van der Waals surface area contributed by atoms with Crippen LogP contribution in [0.1, 0.15) is 0 Å². The molecule has 3 heterocycles. The average Bonchev–Trinajstić information content (AvgIpc) is 3.19. The lowest BCUT2D eigenvalue weighted by atomic mass is 10.1. The molecule has 3 N–H and O–H groups in total. The fraction of sp³-hybridized carbons (Fsp3) is 0.238. The van der Waals surface area contributed by atoms with Gasteiger partial charge in [0.15, 0.2) is 5.82 Å². The Bertz CT molecular complexity index is 1310. The predicted octanol–water partition coefficient (Wildman–Crippen LogP) is 4.65. The average molecular weight is 495 g/mol. The van der Waals surface area contributed by atoms with Crippen molar-refractivity contribution in [3.8, 4) is 11.4 Å². The number of pyridine rings is 1. The number of carbonyl (C=O) groups is 1. The molecule has 0 aliphatic carbocycles. The smallest absolute Gasteiger partial charge is 0.357 e. The normalized spacial score (nSPS) is 12.8. The van der Waals surface area contributed by atoms with Crippen molar-refractivity contribution < 1.29 is 18.0 Å². The van der Waals surface area contributed by atoms with E-state index in [1.807, 2.05) is 11.4 Å². The number of rotatable bonds is 7. The fourth-order valence-electron chi connectivity index (χ4n) is 3.30.